The van der Waals surface area contributed by atoms with E-state index in [1.54, 1.807) is 0 Å². The summed E-state index contributed by atoms with van der Waals surface area (Å²) < 4.78 is 0. The average Bonchev–Trinajstić information content (AvgIpc) is 2.55. The first-order chi connectivity index (χ1) is 10.5. The molecule has 0 rings (SSSR count). The zero-order chi connectivity index (χ0) is 19.5. The fourth-order valence-electron chi connectivity index (χ4n) is 0.150. The number of aliphatic hydroxyl groups excluding tert-OH is 3. The number of aliphatic hydroxyl groups is 4. The summed E-state index contributed by atoms with van der Waals surface area (Å²) in [4.78, 5) is 27.8. The Balaban J connectivity index is -0.000000108. The van der Waals surface area contributed by atoms with Crippen molar-refractivity contribution in [1.82, 2.24) is 0 Å². The summed E-state index contributed by atoms with van der Waals surface area (Å²) in [7, 11) is 0. The molecule has 10 heteroatoms. The molecular weight excluding hydrogens is 316 g/mol. The molecule has 0 saturated heterocycles. The van der Waals surface area contributed by atoms with Crippen molar-refractivity contribution in [1.29, 1.82) is 0 Å². The minimum absolute atomic E-state index is 0.625. The van der Waals surface area contributed by atoms with Gasteiger partial charge in [-0.1, -0.05) is 19.7 Å². The van der Waals surface area contributed by atoms with Gasteiger partial charge in [0.05, 0.1) is 19.8 Å². The van der Waals surface area contributed by atoms with Crippen LogP contribution in [0.2, 0.25) is 0 Å². The SMILES string of the molecule is C=CC(=O)O.C=CC(=O)O.C=CC(=O)O.OCC(O)(CO)CO. The fourth-order valence-corrected chi connectivity index (χ4v) is 0.150. The van der Waals surface area contributed by atoms with Gasteiger partial charge in [0.25, 0.3) is 0 Å². The van der Waals surface area contributed by atoms with Gasteiger partial charge in [-0.2, -0.15) is 0 Å². The zero-order valence-electron chi connectivity index (χ0n) is 12.3. The number of carbonyl (C=O) groups is 3. The highest BCUT2D eigenvalue weighted by Gasteiger charge is 2.22. The topological polar surface area (TPSA) is 193 Å². The van der Waals surface area contributed by atoms with E-state index in [1.807, 2.05) is 0 Å². The van der Waals surface area contributed by atoms with Crippen LogP contribution in [-0.2, 0) is 14.4 Å². The molecule has 0 aromatic heterocycles. The Kier molecular flexibility index (Phi) is 24.2. The van der Waals surface area contributed by atoms with Crippen molar-refractivity contribution < 1.29 is 50.1 Å². The summed E-state index contributed by atoms with van der Waals surface area (Å²) in [6, 6.07) is 0. The molecule has 0 aromatic carbocycles. The molecule has 7 N–H and O–H groups in total. The quantitative estimate of drug-likeness (QED) is 0.279. The fraction of sp³-hybridized carbons (Fsp3) is 0.308. The molecule has 0 bridgehead atoms. The van der Waals surface area contributed by atoms with Crippen LogP contribution < -0.4 is 0 Å². The Bertz CT molecular complexity index is 320. The van der Waals surface area contributed by atoms with Gasteiger partial charge in [0.15, 0.2) is 0 Å². The third-order valence-corrected chi connectivity index (χ3v) is 1.41. The van der Waals surface area contributed by atoms with E-state index in [0.29, 0.717) is 0 Å². The molecule has 0 amide bonds. The third kappa shape index (κ3) is 38.2. The minimum atomic E-state index is -1.71. The smallest absolute Gasteiger partial charge is 0.327 e. The average molecular weight is 338 g/mol. The van der Waals surface area contributed by atoms with Crippen LogP contribution in [0, 0.1) is 0 Å². The van der Waals surface area contributed by atoms with Crippen molar-refractivity contribution in [3.05, 3.63) is 38.0 Å². The Labute approximate surface area is 132 Å². The van der Waals surface area contributed by atoms with E-state index in [-0.39, 0.29) is 0 Å². The van der Waals surface area contributed by atoms with Gasteiger partial charge in [-0.15, -0.1) is 0 Å². The van der Waals surface area contributed by atoms with E-state index in [0.717, 1.165) is 18.2 Å². The molecule has 134 valence electrons. The standard InChI is InChI=1S/C4H10O4.3C3H4O2/c5-1-4(8,2-6)3-7;3*1-2-3(4)5/h5-8H,1-3H2;3*2H,1H2,(H,4,5). The molecule has 0 aromatic rings. The van der Waals surface area contributed by atoms with Crippen molar-refractivity contribution in [3.8, 4) is 0 Å². The number of hydrogen-bond acceptors (Lipinski definition) is 7. The number of carboxylic acids is 3. The van der Waals surface area contributed by atoms with Gasteiger partial charge in [0.2, 0.25) is 0 Å². The van der Waals surface area contributed by atoms with Crippen molar-refractivity contribution in [3.63, 3.8) is 0 Å². The van der Waals surface area contributed by atoms with E-state index < -0.39 is 43.3 Å². The maximum Gasteiger partial charge on any atom is 0.327 e. The maximum absolute atomic E-state index is 9.25. The Morgan fingerprint density at radius 1 is 0.696 bits per heavy atom. The molecule has 0 radical (unpaired) electrons. The number of hydrogen-bond donors (Lipinski definition) is 7. The van der Waals surface area contributed by atoms with Gasteiger partial charge in [-0.05, 0) is 0 Å². The first kappa shape index (κ1) is 28.6. The predicted octanol–water partition coefficient (Wildman–Crippen LogP) is -1.53. The molecule has 23 heavy (non-hydrogen) atoms. The molecule has 0 aliphatic carbocycles. The largest absolute Gasteiger partial charge is 0.478 e. The molecule has 10 nitrogen and oxygen atoms in total. The van der Waals surface area contributed by atoms with Crippen LogP contribution in [0.15, 0.2) is 38.0 Å². The zero-order valence-corrected chi connectivity index (χ0v) is 12.3. The van der Waals surface area contributed by atoms with E-state index in [9.17, 15) is 14.4 Å². The van der Waals surface area contributed by atoms with Crippen molar-refractivity contribution in [2.75, 3.05) is 19.8 Å². The maximum atomic E-state index is 9.25. The molecule has 0 atom stereocenters. The van der Waals surface area contributed by atoms with E-state index >= 15 is 0 Å². The van der Waals surface area contributed by atoms with Crippen LogP contribution in [0.3, 0.4) is 0 Å². The van der Waals surface area contributed by atoms with Crippen molar-refractivity contribution in [2.24, 2.45) is 0 Å². The lowest BCUT2D eigenvalue weighted by atomic mass is 10.1. The monoisotopic (exact) mass is 338 g/mol. The Hall–Kier alpha value is -2.53. The molecule has 0 saturated carbocycles. The minimum Gasteiger partial charge on any atom is -0.478 e. The van der Waals surface area contributed by atoms with E-state index in [1.165, 1.54) is 0 Å². The van der Waals surface area contributed by atoms with Crippen LogP contribution >= 0.6 is 0 Å². The molecular formula is C13H22O10. The molecule has 0 heterocycles. The van der Waals surface area contributed by atoms with Gasteiger partial charge in [0, 0.05) is 18.2 Å². The van der Waals surface area contributed by atoms with Crippen molar-refractivity contribution in [2.45, 2.75) is 5.60 Å². The van der Waals surface area contributed by atoms with Gasteiger partial charge >= 0.3 is 17.9 Å². The normalized spacial score (nSPS) is 8.35. The second-order valence-corrected chi connectivity index (χ2v) is 3.33. The van der Waals surface area contributed by atoms with Crippen LogP contribution in [0.25, 0.3) is 0 Å². The predicted molar refractivity (Wildman–Crippen MR) is 79.7 cm³/mol. The Morgan fingerprint density at radius 3 is 0.826 bits per heavy atom. The van der Waals surface area contributed by atoms with Crippen LogP contribution in [0.4, 0.5) is 0 Å². The highest BCUT2D eigenvalue weighted by molar-refractivity contribution is 5.79. The molecule has 0 aliphatic rings. The number of aliphatic carboxylic acids is 3. The summed E-state index contributed by atoms with van der Waals surface area (Å²) in [6.07, 6.45) is 2.50. The van der Waals surface area contributed by atoms with Crippen LogP contribution in [0.5, 0.6) is 0 Å². The molecule has 0 spiro atoms. The third-order valence-electron chi connectivity index (χ3n) is 1.41. The number of rotatable bonds is 6. The lowest BCUT2D eigenvalue weighted by Crippen LogP contribution is -2.41. The van der Waals surface area contributed by atoms with Gasteiger partial charge in [0.1, 0.15) is 5.60 Å². The van der Waals surface area contributed by atoms with Crippen molar-refractivity contribution >= 4 is 17.9 Å². The van der Waals surface area contributed by atoms with Crippen LogP contribution in [0.1, 0.15) is 0 Å². The van der Waals surface area contributed by atoms with Crippen LogP contribution in [-0.4, -0.2) is 79.1 Å². The lowest BCUT2D eigenvalue weighted by molar-refractivity contribution is -0.132. The van der Waals surface area contributed by atoms with Gasteiger partial charge in [-0.3, -0.25) is 0 Å². The van der Waals surface area contributed by atoms with E-state index in [4.69, 9.17) is 35.7 Å². The summed E-state index contributed by atoms with van der Waals surface area (Å²) >= 11 is 0. The highest BCUT2D eigenvalue weighted by atomic mass is 16.4. The summed E-state index contributed by atoms with van der Waals surface area (Å²) in [5, 5.41) is 56.1. The molecule has 0 fully saturated rings. The molecule has 0 unspecified atom stereocenters. The van der Waals surface area contributed by atoms with Gasteiger partial charge in [-0.25, -0.2) is 14.4 Å². The second-order valence-electron chi connectivity index (χ2n) is 3.33. The Morgan fingerprint density at radius 2 is 0.826 bits per heavy atom. The first-order valence-electron chi connectivity index (χ1n) is 5.61. The van der Waals surface area contributed by atoms with E-state index in [2.05, 4.69) is 19.7 Å². The second kappa shape index (κ2) is 19.5. The summed E-state index contributed by atoms with van der Waals surface area (Å²) in [6.45, 7) is 7.01. The van der Waals surface area contributed by atoms with Gasteiger partial charge < -0.3 is 35.7 Å². The molecule has 0 aliphatic heterocycles. The summed E-state index contributed by atoms with van der Waals surface area (Å²) in [5.74, 6) is -2.94. The summed E-state index contributed by atoms with van der Waals surface area (Å²) in [5.41, 5.74) is -1.71. The highest BCUT2D eigenvalue weighted by Crippen LogP contribution is 1.97. The number of carboxylic acid groups (broad SMARTS) is 3. The lowest BCUT2D eigenvalue weighted by Gasteiger charge is -2.18. The first-order valence-corrected chi connectivity index (χ1v) is 5.61.